The number of methoxy groups -OCH3 is 1. The summed E-state index contributed by atoms with van der Waals surface area (Å²) in [6.07, 6.45) is 0. The third-order valence-corrected chi connectivity index (χ3v) is 2.60. The number of hydrogen-bond acceptors (Lipinski definition) is 3. The van der Waals surface area contributed by atoms with Crippen LogP contribution in [0.25, 0.3) is 26.4 Å². The molecule has 1 aromatic rings. The molecular weight excluding hydrogens is 311 g/mol. The van der Waals surface area contributed by atoms with Crippen molar-refractivity contribution in [2.24, 2.45) is 5.11 Å². The van der Waals surface area contributed by atoms with Crippen LogP contribution in [-0.4, -0.2) is 19.0 Å². The molecule has 0 aliphatic carbocycles. The predicted molar refractivity (Wildman–Crippen MR) is 80.0 cm³/mol. The van der Waals surface area contributed by atoms with Crippen molar-refractivity contribution in [1.29, 1.82) is 0 Å². The Kier molecular flexibility index (Phi) is 10.8. The number of nitrogens with zero attached hydrogens (tertiary/aromatic N) is 6. The molecule has 0 heterocycles. The number of hydrogen-bond donors (Lipinski definition) is 0. The van der Waals surface area contributed by atoms with Gasteiger partial charge in [0.15, 0.2) is 0 Å². The standard InChI is InChI=1S/C13H15N3O3.N3.Na/c1-13(2,3)10-6-8(11(17)15-16-14)5-9(7-10)12(18)19-4;1-3-2;/h5-7H,1-4H3;;/q;-1;+1. The van der Waals surface area contributed by atoms with Crippen LogP contribution in [0, 0.1) is 0 Å². The summed E-state index contributed by atoms with van der Waals surface area (Å²) in [6.45, 7) is 5.85. The van der Waals surface area contributed by atoms with E-state index in [1.807, 2.05) is 20.8 Å². The van der Waals surface area contributed by atoms with Crippen molar-refractivity contribution in [3.8, 4) is 0 Å². The van der Waals surface area contributed by atoms with E-state index in [2.05, 4.69) is 14.8 Å². The van der Waals surface area contributed by atoms with Gasteiger partial charge in [0.25, 0.3) is 0 Å². The van der Waals surface area contributed by atoms with E-state index in [-0.39, 0.29) is 46.1 Å². The number of amides is 1. The first-order chi connectivity index (χ1) is 10.2. The second-order valence-electron chi connectivity index (χ2n) is 5.12. The quantitative estimate of drug-likeness (QED) is 0.263. The Morgan fingerprint density at radius 2 is 1.57 bits per heavy atom. The van der Waals surface area contributed by atoms with Crippen LogP contribution < -0.4 is 29.6 Å². The van der Waals surface area contributed by atoms with Crippen molar-refractivity contribution in [3.63, 3.8) is 0 Å². The maximum Gasteiger partial charge on any atom is 1.00 e. The molecule has 0 unspecified atom stereocenters. The molecule has 0 fully saturated rings. The molecule has 10 heteroatoms. The van der Waals surface area contributed by atoms with Crippen molar-refractivity contribution in [1.82, 2.24) is 0 Å². The van der Waals surface area contributed by atoms with Gasteiger partial charge in [-0.3, -0.25) is 9.71 Å². The zero-order valence-electron chi connectivity index (χ0n) is 13.6. The Morgan fingerprint density at radius 3 is 1.96 bits per heavy atom. The molecule has 23 heavy (non-hydrogen) atoms. The Morgan fingerprint density at radius 1 is 1.09 bits per heavy atom. The van der Waals surface area contributed by atoms with Gasteiger partial charge >= 0.3 is 35.5 Å². The molecule has 0 saturated carbocycles. The molecule has 1 amide bonds. The third-order valence-electron chi connectivity index (χ3n) is 2.60. The fourth-order valence-electron chi connectivity index (χ4n) is 1.52. The predicted octanol–water partition coefficient (Wildman–Crippen LogP) is 1.09. The number of ether oxygens (including phenoxy) is 1. The fourth-order valence-corrected chi connectivity index (χ4v) is 1.52. The van der Waals surface area contributed by atoms with Gasteiger partial charge in [0.05, 0.1) is 12.7 Å². The van der Waals surface area contributed by atoms with Crippen LogP contribution in [-0.2, 0) is 10.2 Å². The van der Waals surface area contributed by atoms with Crippen molar-refractivity contribution >= 4 is 11.9 Å². The monoisotopic (exact) mass is 326 g/mol. The molecule has 9 nitrogen and oxygen atoms in total. The van der Waals surface area contributed by atoms with Gasteiger partial charge in [-0.25, -0.2) is 4.79 Å². The molecule has 0 bridgehead atoms. The average molecular weight is 326 g/mol. The molecule has 0 saturated heterocycles. The van der Waals surface area contributed by atoms with Gasteiger partial charge in [-0.1, -0.05) is 20.8 Å². The van der Waals surface area contributed by atoms with Gasteiger partial charge in [0, 0.05) is 10.5 Å². The van der Waals surface area contributed by atoms with Crippen LogP contribution in [0.4, 0.5) is 0 Å². The average Bonchev–Trinajstić information content (AvgIpc) is 2.46. The van der Waals surface area contributed by atoms with Gasteiger partial charge in [-0.2, -0.15) is 0 Å². The summed E-state index contributed by atoms with van der Waals surface area (Å²) in [6, 6.07) is 4.64. The Balaban J connectivity index is 0. The summed E-state index contributed by atoms with van der Waals surface area (Å²) in [5.74, 6) is -1.26. The molecule has 0 radical (unpaired) electrons. The topological polar surface area (TPSA) is 151 Å². The van der Waals surface area contributed by atoms with E-state index in [0.29, 0.717) is 0 Å². The van der Waals surface area contributed by atoms with Gasteiger partial charge < -0.3 is 15.8 Å². The van der Waals surface area contributed by atoms with Crippen molar-refractivity contribution in [2.45, 2.75) is 26.2 Å². The molecular formula is C13H15N6NaO3. The van der Waals surface area contributed by atoms with E-state index >= 15 is 0 Å². The van der Waals surface area contributed by atoms with E-state index < -0.39 is 11.9 Å². The molecule has 0 N–H and O–H groups in total. The third kappa shape index (κ3) is 7.69. The summed E-state index contributed by atoms with van der Waals surface area (Å²) in [4.78, 5) is 27.2. The first-order valence-corrected chi connectivity index (χ1v) is 6.03. The number of azide groups is 1. The second-order valence-corrected chi connectivity index (χ2v) is 5.12. The summed E-state index contributed by atoms with van der Waals surface area (Å²) in [5, 5.41) is 3.03. The number of carbonyl (C=O) groups is 2. The summed E-state index contributed by atoms with van der Waals surface area (Å²) in [5.41, 5.74) is 22.8. The van der Waals surface area contributed by atoms with Crippen LogP contribution in [0.5, 0.6) is 0 Å². The fraction of sp³-hybridized carbons (Fsp3) is 0.385. The molecule has 0 aliphatic heterocycles. The summed E-state index contributed by atoms with van der Waals surface area (Å²) >= 11 is 0. The largest absolute Gasteiger partial charge is 1.00 e. The Bertz CT molecular complexity index is 656. The minimum Gasteiger partial charge on any atom is -0.465 e. The van der Waals surface area contributed by atoms with Crippen molar-refractivity contribution < 1.29 is 43.9 Å². The maximum absolute atomic E-state index is 11.6. The zero-order valence-corrected chi connectivity index (χ0v) is 15.6. The van der Waals surface area contributed by atoms with Gasteiger partial charge in [0.1, 0.15) is 0 Å². The Hall–Kier alpha value is -2.02. The van der Waals surface area contributed by atoms with Crippen LogP contribution in [0.1, 0.15) is 47.1 Å². The van der Waals surface area contributed by atoms with E-state index in [0.717, 1.165) is 5.56 Å². The minimum absolute atomic E-state index is 0. The van der Waals surface area contributed by atoms with E-state index in [9.17, 15) is 9.59 Å². The van der Waals surface area contributed by atoms with Gasteiger partial charge in [0.2, 0.25) is 5.91 Å². The van der Waals surface area contributed by atoms with E-state index in [1.165, 1.54) is 18.1 Å². The van der Waals surface area contributed by atoms with Crippen molar-refractivity contribution in [2.75, 3.05) is 7.11 Å². The molecule has 0 atom stereocenters. The van der Waals surface area contributed by atoms with Gasteiger partial charge in [-0.15, -0.1) is 0 Å². The number of benzene rings is 1. The number of carbonyl (C=O) groups excluding carboxylic acids is 2. The van der Waals surface area contributed by atoms with Gasteiger partial charge in [-0.05, 0) is 39.8 Å². The van der Waals surface area contributed by atoms with Crippen molar-refractivity contribution in [3.05, 3.63) is 61.3 Å². The summed E-state index contributed by atoms with van der Waals surface area (Å²) in [7, 11) is 1.26. The number of esters is 1. The molecule has 0 aromatic heterocycles. The molecule has 1 aromatic carbocycles. The molecule has 1 rings (SSSR count). The minimum atomic E-state index is -0.723. The van der Waals surface area contributed by atoms with Crippen LogP contribution in [0.3, 0.4) is 0 Å². The van der Waals surface area contributed by atoms with E-state index in [4.69, 9.17) is 16.6 Å². The maximum atomic E-state index is 11.6. The molecule has 0 aliphatic rings. The normalized spacial score (nSPS) is 9.04. The first-order valence-electron chi connectivity index (χ1n) is 6.03. The molecule has 116 valence electrons. The first kappa shape index (κ1) is 23.2. The van der Waals surface area contributed by atoms with Crippen LogP contribution in [0.15, 0.2) is 23.3 Å². The SMILES string of the molecule is COC(=O)c1cc(C(=O)N=[N+]=[N-])cc(C(C)(C)C)c1.[N-]=[N+]=[N-].[Na+]. The second kappa shape index (κ2) is 10.7. The molecule has 0 spiro atoms. The van der Waals surface area contributed by atoms with Crippen LogP contribution >= 0.6 is 0 Å². The summed E-state index contributed by atoms with van der Waals surface area (Å²) < 4.78 is 4.64. The zero-order chi connectivity index (χ0) is 17.3. The van der Waals surface area contributed by atoms with E-state index in [1.54, 1.807) is 12.1 Å². The smallest absolute Gasteiger partial charge is 0.465 e. The number of rotatable bonds is 2. The Labute approximate surface area is 155 Å². The van der Waals surface area contributed by atoms with Crippen LogP contribution in [0.2, 0.25) is 0 Å².